The summed E-state index contributed by atoms with van der Waals surface area (Å²) in [7, 11) is 0. The SMILES string of the molecule is ClC12C3CC3C(Cl)(C3CC31)C1CC12. The van der Waals surface area contributed by atoms with Crippen LogP contribution < -0.4 is 0 Å². The Balaban J connectivity index is 1.81. The van der Waals surface area contributed by atoms with Crippen molar-refractivity contribution in [3.63, 3.8) is 0 Å². The predicted molar refractivity (Wildman–Crippen MR) is 52.0 cm³/mol. The van der Waals surface area contributed by atoms with E-state index in [9.17, 15) is 0 Å². The fourth-order valence-corrected chi connectivity index (χ4v) is 6.62. The van der Waals surface area contributed by atoms with E-state index in [0.717, 1.165) is 35.5 Å². The lowest BCUT2D eigenvalue weighted by atomic mass is 9.70. The Labute approximate surface area is 88.0 Å². The molecule has 6 unspecified atom stereocenters. The molecule has 6 saturated carbocycles. The van der Waals surface area contributed by atoms with Crippen molar-refractivity contribution in [2.24, 2.45) is 35.5 Å². The molecule has 0 spiro atoms. The van der Waals surface area contributed by atoms with Crippen molar-refractivity contribution in [3.8, 4) is 0 Å². The quantitative estimate of drug-likeness (QED) is 0.545. The van der Waals surface area contributed by atoms with Gasteiger partial charge in [0.25, 0.3) is 0 Å². The Hall–Kier alpha value is 0.580. The molecule has 0 amide bonds. The summed E-state index contributed by atoms with van der Waals surface area (Å²) < 4.78 is 0. The first kappa shape index (κ1) is 6.95. The first-order valence-electron chi connectivity index (χ1n) is 5.56. The molecular formula is C11H12Cl2. The van der Waals surface area contributed by atoms with E-state index in [-0.39, 0.29) is 9.75 Å². The number of halogens is 2. The fraction of sp³-hybridized carbons (Fsp3) is 1.00. The molecule has 2 heteroatoms. The number of alkyl halides is 2. The third-order valence-corrected chi connectivity index (χ3v) is 7.46. The van der Waals surface area contributed by atoms with Crippen LogP contribution in [-0.4, -0.2) is 9.75 Å². The first-order chi connectivity index (χ1) is 6.18. The van der Waals surface area contributed by atoms with Crippen molar-refractivity contribution in [1.82, 2.24) is 0 Å². The lowest BCUT2D eigenvalue weighted by molar-refractivity contribution is 0.175. The van der Waals surface area contributed by atoms with Gasteiger partial charge in [-0.1, -0.05) is 0 Å². The summed E-state index contributed by atoms with van der Waals surface area (Å²) in [5.41, 5.74) is 0. The second kappa shape index (κ2) is 1.50. The molecule has 0 aromatic rings. The summed E-state index contributed by atoms with van der Waals surface area (Å²) in [5.74, 6) is 4.91. The smallest absolute Gasteiger partial charge is 0.0541 e. The Morgan fingerprint density at radius 2 is 0.846 bits per heavy atom. The van der Waals surface area contributed by atoms with Gasteiger partial charge >= 0.3 is 0 Å². The van der Waals surface area contributed by atoms with Crippen molar-refractivity contribution in [1.29, 1.82) is 0 Å². The molecule has 6 fully saturated rings. The topological polar surface area (TPSA) is 0 Å². The lowest BCUT2D eigenvalue weighted by Crippen LogP contribution is -2.51. The summed E-state index contributed by atoms with van der Waals surface area (Å²) in [6, 6.07) is 0. The zero-order valence-corrected chi connectivity index (χ0v) is 8.85. The Kier molecular flexibility index (Phi) is 0.800. The van der Waals surface area contributed by atoms with Crippen molar-refractivity contribution >= 4 is 23.2 Å². The van der Waals surface area contributed by atoms with E-state index in [4.69, 9.17) is 23.2 Å². The van der Waals surface area contributed by atoms with Crippen LogP contribution in [0.25, 0.3) is 0 Å². The molecule has 0 radical (unpaired) electrons. The minimum absolute atomic E-state index is 0.247. The molecule has 0 aliphatic heterocycles. The summed E-state index contributed by atoms with van der Waals surface area (Å²) in [6.45, 7) is 0. The maximum Gasteiger partial charge on any atom is 0.0541 e. The zero-order valence-electron chi connectivity index (χ0n) is 7.34. The minimum Gasteiger partial charge on any atom is -0.118 e. The molecule has 6 aliphatic carbocycles. The maximum absolute atomic E-state index is 6.88. The molecule has 0 saturated heterocycles. The van der Waals surface area contributed by atoms with Crippen molar-refractivity contribution in [3.05, 3.63) is 0 Å². The Morgan fingerprint density at radius 3 is 1.08 bits per heavy atom. The summed E-state index contributed by atoms with van der Waals surface area (Å²) in [5, 5.41) is 0. The van der Waals surface area contributed by atoms with Crippen LogP contribution in [-0.2, 0) is 0 Å². The molecule has 2 bridgehead atoms. The van der Waals surface area contributed by atoms with Gasteiger partial charge in [0, 0.05) is 0 Å². The van der Waals surface area contributed by atoms with Gasteiger partial charge < -0.3 is 0 Å². The molecule has 0 N–H and O–H groups in total. The summed E-state index contributed by atoms with van der Waals surface area (Å²) in [6.07, 6.45) is 4.06. The van der Waals surface area contributed by atoms with Crippen LogP contribution in [0, 0.1) is 35.5 Å². The molecule has 0 aromatic heterocycles. The van der Waals surface area contributed by atoms with Gasteiger partial charge in [0.05, 0.1) is 9.75 Å². The largest absolute Gasteiger partial charge is 0.118 e. The first-order valence-corrected chi connectivity index (χ1v) is 6.32. The van der Waals surface area contributed by atoms with E-state index in [1.807, 2.05) is 0 Å². The highest BCUT2D eigenvalue weighted by Gasteiger charge is 2.88. The van der Waals surface area contributed by atoms with Crippen LogP contribution in [0.15, 0.2) is 0 Å². The molecule has 0 heterocycles. The molecule has 6 aliphatic rings. The van der Waals surface area contributed by atoms with Gasteiger partial charge in [-0.25, -0.2) is 0 Å². The van der Waals surface area contributed by atoms with Gasteiger partial charge in [0.1, 0.15) is 0 Å². The van der Waals surface area contributed by atoms with E-state index in [1.165, 1.54) is 19.3 Å². The van der Waals surface area contributed by atoms with Gasteiger partial charge in [0.15, 0.2) is 0 Å². The lowest BCUT2D eigenvalue weighted by Gasteiger charge is -2.46. The molecule has 0 aromatic carbocycles. The van der Waals surface area contributed by atoms with Gasteiger partial charge in [-0.2, -0.15) is 0 Å². The van der Waals surface area contributed by atoms with E-state index in [1.54, 1.807) is 0 Å². The van der Waals surface area contributed by atoms with E-state index >= 15 is 0 Å². The van der Waals surface area contributed by atoms with Crippen molar-refractivity contribution in [2.45, 2.75) is 29.0 Å². The van der Waals surface area contributed by atoms with Gasteiger partial charge in [-0.15, -0.1) is 23.2 Å². The van der Waals surface area contributed by atoms with Gasteiger partial charge in [-0.05, 0) is 54.8 Å². The average molecular weight is 215 g/mol. The van der Waals surface area contributed by atoms with Crippen LogP contribution in [0.1, 0.15) is 19.3 Å². The average Bonchev–Trinajstić information content (AvgIpc) is 3.00. The van der Waals surface area contributed by atoms with Crippen LogP contribution in [0.3, 0.4) is 0 Å². The van der Waals surface area contributed by atoms with Crippen LogP contribution in [0.2, 0.25) is 0 Å². The normalized spacial score (nSPS) is 85.4. The summed E-state index contributed by atoms with van der Waals surface area (Å²) in [4.78, 5) is 0.493. The predicted octanol–water partition coefficient (Wildman–Crippen LogP) is 2.88. The minimum atomic E-state index is 0.247. The van der Waals surface area contributed by atoms with Crippen molar-refractivity contribution in [2.75, 3.05) is 0 Å². The molecule has 13 heavy (non-hydrogen) atoms. The number of hydrogen-bond donors (Lipinski definition) is 0. The Morgan fingerprint density at radius 1 is 0.615 bits per heavy atom. The fourth-order valence-electron chi connectivity index (χ4n) is 5.17. The zero-order chi connectivity index (χ0) is 8.59. The third kappa shape index (κ3) is 0.473. The molecule has 6 rings (SSSR count). The van der Waals surface area contributed by atoms with E-state index < -0.39 is 0 Å². The monoisotopic (exact) mass is 214 g/mol. The van der Waals surface area contributed by atoms with E-state index in [2.05, 4.69) is 0 Å². The second-order valence-corrected chi connectivity index (χ2v) is 7.31. The standard InChI is InChI=1S/C11H12Cl2/c12-10-4-1-5(4)11(13,7-2-6(7)10)9-3-8(9)10/h4-9H,1-3H2. The van der Waals surface area contributed by atoms with Gasteiger partial charge in [-0.3, -0.25) is 0 Å². The van der Waals surface area contributed by atoms with Crippen LogP contribution >= 0.6 is 23.2 Å². The van der Waals surface area contributed by atoms with Crippen LogP contribution in [0.4, 0.5) is 0 Å². The van der Waals surface area contributed by atoms with Crippen LogP contribution in [0.5, 0.6) is 0 Å². The highest BCUT2D eigenvalue weighted by molar-refractivity contribution is 6.30. The van der Waals surface area contributed by atoms with Gasteiger partial charge in [0.2, 0.25) is 0 Å². The molecular weight excluding hydrogens is 203 g/mol. The molecule has 6 atom stereocenters. The molecule has 0 nitrogen and oxygen atoms in total. The highest BCUT2D eigenvalue weighted by atomic mass is 35.5. The highest BCUT2D eigenvalue weighted by Crippen LogP contribution is 2.88. The third-order valence-electron chi connectivity index (χ3n) is 5.78. The van der Waals surface area contributed by atoms with Crippen molar-refractivity contribution < 1.29 is 0 Å². The number of rotatable bonds is 0. The Bertz CT molecular complexity index is 259. The summed E-state index contributed by atoms with van der Waals surface area (Å²) >= 11 is 13.8. The molecule has 70 valence electrons. The maximum atomic E-state index is 6.88. The number of hydrogen-bond acceptors (Lipinski definition) is 0. The van der Waals surface area contributed by atoms with E-state index in [0.29, 0.717) is 0 Å². The second-order valence-electron chi connectivity index (χ2n) is 6.00.